The topological polar surface area (TPSA) is 41.5 Å². The van der Waals surface area contributed by atoms with Crippen molar-refractivity contribution in [3.63, 3.8) is 0 Å². The first-order valence-electron chi connectivity index (χ1n) is 5.57. The predicted octanol–water partition coefficient (Wildman–Crippen LogP) is 1.89. The average molecular weight is 226 g/mol. The van der Waals surface area contributed by atoms with E-state index in [1.54, 1.807) is 18.8 Å². The maximum atomic E-state index is 11.9. The molecule has 0 aromatic carbocycles. The molecule has 0 aromatic rings. The molecule has 1 heterocycles. The molecule has 1 amide bonds. The summed E-state index contributed by atoms with van der Waals surface area (Å²) in [6.45, 7) is 4.46. The molecule has 2 rings (SSSR count). The normalized spacial score (nSPS) is 43.7. The molecule has 0 aromatic heterocycles. The van der Waals surface area contributed by atoms with Gasteiger partial charge in [-0.2, -0.15) is 0 Å². The molecule has 0 spiro atoms. The van der Waals surface area contributed by atoms with Crippen LogP contribution in [0.3, 0.4) is 0 Å². The molecule has 15 heavy (non-hydrogen) atoms. The first-order valence-corrected chi connectivity index (χ1v) is 6.45. The van der Waals surface area contributed by atoms with Gasteiger partial charge >= 0.3 is 0 Å². The zero-order valence-electron chi connectivity index (χ0n) is 9.49. The van der Waals surface area contributed by atoms with Crippen LogP contribution in [0.4, 0.5) is 0 Å². The molecule has 0 radical (unpaired) electrons. The lowest BCUT2D eigenvalue weighted by Crippen LogP contribution is -2.50. The SMILES string of the molecule is CN=C1NC(=O)C2C(CCC(C)C2C)S1. The van der Waals surface area contributed by atoms with Crippen molar-refractivity contribution in [3.05, 3.63) is 0 Å². The van der Waals surface area contributed by atoms with E-state index in [4.69, 9.17) is 0 Å². The number of amides is 1. The van der Waals surface area contributed by atoms with Gasteiger partial charge in [0.2, 0.25) is 5.91 Å². The largest absolute Gasteiger partial charge is 0.305 e. The highest BCUT2D eigenvalue weighted by atomic mass is 32.2. The smallest absolute Gasteiger partial charge is 0.230 e. The Morgan fingerprint density at radius 3 is 2.80 bits per heavy atom. The van der Waals surface area contributed by atoms with E-state index in [1.165, 1.54) is 6.42 Å². The van der Waals surface area contributed by atoms with E-state index < -0.39 is 0 Å². The third-order valence-corrected chi connectivity index (χ3v) is 5.11. The van der Waals surface area contributed by atoms with Gasteiger partial charge in [0.1, 0.15) is 0 Å². The van der Waals surface area contributed by atoms with Crippen LogP contribution in [-0.2, 0) is 4.79 Å². The minimum Gasteiger partial charge on any atom is -0.305 e. The molecule has 1 aliphatic heterocycles. The van der Waals surface area contributed by atoms with E-state index in [9.17, 15) is 4.79 Å². The fraction of sp³-hybridized carbons (Fsp3) is 0.818. The van der Waals surface area contributed by atoms with Gasteiger partial charge in [-0.05, 0) is 24.7 Å². The van der Waals surface area contributed by atoms with Gasteiger partial charge < -0.3 is 5.32 Å². The summed E-state index contributed by atoms with van der Waals surface area (Å²) >= 11 is 1.74. The van der Waals surface area contributed by atoms with E-state index in [0.29, 0.717) is 17.1 Å². The van der Waals surface area contributed by atoms with Crippen LogP contribution in [0, 0.1) is 17.8 Å². The second-order valence-corrected chi connectivity index (χ2v) is 5.84. The third kappa shape index (κ3) is 1.92. The molecule has 4 heteroatoms. The van der Waals surface area contributed by atoms with Crippen molar-refractivity contribution in [2.75, 3.05) is 7.05 Å². The van der Waals surface area contributed by atoms with Gasteiger partial charge in [0.15, 0.2) is 5.17 Å². The molecule has 2 aliphatic rings. The van der Waals surface area contributed by atoms with E-state index in [1.807, 2.05) is 0 Å². The highest BCUT2D eigenvalue weighted by Gasteiger charge is 2.43. The third-order valence-electron chi connectivity index (χ3n) is 3.77. The number of nitrogens with zero attached hydrogens (tertiary/aromatic N) is 1. The van der Waals surface area contributed by atoms with Crippen LogP contribution in [0.25, 0.3) is 0 Å². The number of aliphatic imine (C=N–C) groups is 1. The van der Waals surface area contributed by atoms with Crippen molar-refractivity contribution in [2.45, 2.75) is 31.9 Å². The molecule has 2 fully saturated rings. The average Bonchev–Trinajstić information content (AvgIpc) is 2.23. The number of carbonyl (C=O) groups excluding carboxylic acids is 1. The summed E-state index contributed by atoms with van der Waals surface area (Å²) in [4.78, 5) is 16.0. The van der Waals surface area contributed by atoms with E-state index in [0.717, 1.165) is 11.6 Å². The molecule has 1 aliphatic carbocycles. The monoisotopic (exact) mass is 226 g/mol. The second kappa shape index (κ2) is 4.16. The van der Waals surface area contributed by atoms with Crippen molar-refractivity contribution in [1.82, 2.24) is 5.32 Å². The number of amidine groups is 1. The zero-order chi connectivity index (χ0) is 11.0. The molecule has 1 saturated heterocycles. The zero-order valence-corrected chi connectivity index (χ0v) is 10.3. The lowest BCUT2D eigenvalue weighted by atomic mass is 9.73. The number of hydrogen-bond acceptors (Lipinski definition) is 3. The molecular formula is C11H18N2OS. The molecular weight excluding hydrogens is 208 g/mol. The number of rotatable bonds is 0. The van der Waals surface area contributed by atoms with E-state index >= 15 is 0 Å². The summed E-state index contributed by atoms with van der Waals surface area (Å²) in [5, 5.41) is 4.13. The second-order valence-electron chi connectivity index (χ2n) is 4.61. The van der Waals surface area contributed by atoms with Gasteiger partial charge in [0, 0.05) is 12.3 Å². The van der Waals surface area contributed by atoms with Crippen LogP contribution < -0.4 is 5.32 Å². The Bertz CT molecular complexity index is 303. The predicted molar refractivity (Wildman–Crippen MR) is 63.9 cm³/mol. The van der Waals surface area contributed by atoms with Crippen LogP contribution in [0.1, 0.15) is 26.7 Å². The lowest BCUT2D eigenvalue weighted by molar-refractivity contribution is -0.126. The summed E-state index contributed by atoms with van der Waals surface area (Å²) in [6, 6.07) is 0. The Kier molecular flexibility index (Phi) is 3.05. The first kappa shape index (κ1) is 11.0. The number of hydrogen-bond donors (Lipinski definition) is 1. The molecule has 4 unspecified atom stereocenters. The summed E-state index contributed by atoms with van der Waals surface area (Å²) < 4.78 is 0. The van der Waals surface area contributed by atoms with Crippen LogP contribution in [0.15, 0.2) is 4.99 Å². The van der Waals surface area contributed by atoms with Crippen LogP contribution in [0.5, 0.6) is 0 Å². The molecule has 84 valence electrons. The van der Waals surface area contributed by atoms with Crippen molar-refractivity contribution in [1.29, 1.82) is 0 Å². The molecule has 0 bridgehead atoms. The van der Waals surface area contributed by atoms with Gasteiger partial charge in [0.25, 0.3) is 0 Å². The summed E-state index contributed by atoms with van der Waals surface area (Å²) in [7, 11) is 1.73. The van der Waals surface area contributed by atoms with Crippen molar-refractivity contribution in [3.8, 4) is 0 Å². The Balaban J connectivity index is 2.19. The van der Waals surface area contributed by atoms with Gasteiger partial charge in [-0.15, -0.1) is 0 Å². The minimum atomic E-state index is 0.179. The summed E-state index contributed by atoms with van der Waals surface area (Å²) in [5.41, 5.74) is 0. The van der Waals surface area contributed by atoms with Crippen molar-refractivity contribution in [2.24, 2.45) is 22.7 Å². The highest BCUT2D eigenvalue weighted by Crippen LogP contribution is 2.42. The fourth-order valence-corrected chi connectivity index (χ4v) is 3.90. The Hall–Kier alpha value is -0.510. The maximum Gasteiger partial charge on any atom is 0.230 e. The van der Waals surface area contributed by atoms with E-state index in [2.05, 4.69) is 24.2 Å². The van der Waals surface area contributed by atoms with Crippen LogP contribution in [-0.4, -0.2) is 23.4 Å². The van der Waals surface area contributed by atoms with Gasteiger partial charge in [-0.3, -0.25) is 9.79 Å². The van der Waals surface area contributed by atoms with Crippen LogP contribution in [0.2, 0.25) is 0 Å². The first-order chi connectivity index (χ1) is 7.13. The standard InChI is InChI=1S/C11H18N2OS/c1-6-4-5-8-9(7(6)2)10(14)13-11(12-3)15-8/h6-9H,4-5H2,1-3H3,(H,12,13,14). The van der Waals surface area contributed by atoms with Crippen molar-refractivity contribution < 1.29 is 4.79 Å². The summed E-state index contributed by atoms with van der Waals surface area (Å²) in [6.07, 6.45) is 2.38. The van der Waals surface area contributed by atoms with Gasteiger partial charge in [-0.1, -0.05) is 25.6 Å². The number of nitrogens with one attached hydrogen (secondary N) is 1. The van der Waals surface area contributed by atoms with Gasteiger partial charge in [0.05, 0.1) is 5.92 Å². The van der Waals surface area contributed by atoms with E-state index in [-0.39, 0.29) is 11.8 Å². The number of carbonyl (C=O) groups is 1. The lowest BCUT2D eigenvalue weighted by Gasteiger charge is -2.41. The minimum absolute atomic E-state index is 0.179. The number of fused-ring (bicyclic) bond motifs is 1. The maximum absolute atomic E-state index is 11.9. The Labute approximate surface area is 95.1 Å². The number of thioether (sulfide) groups is 1. The molecule has 1 saturated carbocycles. The quantitative estimate of drug-likeness (QED) is 0.685. The van der Waals surface area contributed by atoms with Crippen molar-refractivity contribution >= 4 is 22.8 Å². The molecule has 3 nitrogen and oxygen atoms in total. The highest BCUT2D eigenvalue weighted by molar-refractivity contribution is 8.14. The molecule has 4 atom stereocenters. The van der Waals surface area contributed by atoms with Crippen LogP contribution >= 0.6 is 11.8 Å². The Morgan fingerprint density at radius 1 is 1.40 bits per heavy atom. The fourth-order valence-electron chi connectivity index (χ4n) is 2.57. The summed E-state index contributed by atoms with van der Waals surface area (Å²) in [5.74, 6) is 1.52. The molecule has 1 N–H and O–H groups in total. The Morgan fingerprint density at radius 2 is 2.13 bits per heavy atom. The van der Waals surface area contributed by atoms with Gasteiger partial charge in [-0.25, -0.2) is 0 Å².